The molecule has 0 saturated carbocycles. The molecule has 0 bridgehead atoms. The Morgan fingerprint density at radius 1 is 1.16 bits per heavy atom. The van der Waals surface area contributed by atoms with Crippen molar-refractivity contribution in [1.29, 1.82) is 0 Å². The molecule has 1 rings (SSSR count). The van der Waals surface area contributed by atoms with Crippen LogP contribution < -0.4 is 16.0 Å². The number of amides is 1. The Bertz CT molecular complexity index is 571. The summed E-state index contributed by atoms with van der Waals surface area (Å²) in [5.74, 6) is 1.39. The summed E-state index contributed by atoms with van der Waals surface area (Å²) in [6.45, 7) is 11.9. The van der Waals surface area contributed by atoms with E-state index in [1.165, 1.54) is 0 Å². The van der Waals surface area contributed by atoms with Crippen molar-refractivity contribution in [3.05, 3.63) is 35.4 Å². The number of carbonyl (C=O) groups is 1. The number of nitrogens with one attached hydrogen (secondary N) is 3. The van der Waals surface area contributed by atoms with Gasteiger partial charge < -0.3 is 16.0 Å². The van der Waals surface area contributed by atoms with E-state index < -0.39 is 0 Å². The Hall–Kier alpha value is -2.04. The average molecular weight is 347 g/mol. The number of hydrogen-bond donors (Lipinski definition) is 3. The van der Waals surface area contributed by atoms with Crippen molar-refractivity contribution >= 4 is 11.9 Å². The van der Waals surface area contributed by atoms with Crippen molar-refractivity contribution in [2.45, 2.75) is 59.5 Å². The standard InChI is InChI=1S/C20H34N4O/c1-7-15(8-2)13-22-19(21-6)23-14-16-10-9-11-17(12-16)18(25)24-20(3,4)5/h9-12,15H,7-8,13-14H2,1-6H3,(H,24,25)(H2,21,22,23). The summed E-state index contributed by atoms with van der Waals surface area (Å²) in [6.07, 6.45) is 2.32. The van der Waals surface area contributed by atoms with Crippen LogP contribution in [0, 0.1) is 5.92 Å². The molecule has 0 spiro atoms. The minimum atomic E-state index is -0.244. The molecule has 0 aromatic heterocycles. The van der Waals surface area contributed by atoms with Crippen LogP contribution in [0.15, 0.2) is 29.3 Å². The number of rotatable bonds is 7. The number of hydrogen-bond acceptors (Lipinski definition) is 2. The SMILES string of the molecule is CCC(CC)CNC(=NC)NCc1cccc(C(=O)NC(C)(C)C)c1. The molecule has 0 aliphatic rings. The highest BCUT2D eigenvalue weighted by Gasteiger charge is 2.15. The zero-order valence-electron chi connectivity index (χ0n) is 16.6. The summed E-state index contributed by atoms with van der Waals surface area (Å²) in [6, 6.07) is 7.68. The number of guanidine groups is 1. The minimum Gasteiger partial charge on any atom is -0.356 e. The minimum absolute atomic E-state index is 0.0504. The van der Waals surface area contributed by atoms with Gasteiger partial charge in [0.25, 0.3) is 5.91 Å². The number of aliphatic imine (C=N–C) groups is 1. The molecule has 25 heavy (non-hydrogen) atoms. The molecule has 1 aromatic carbocycles. The van der Waals surface area contributed by atoms with Crippen LogP contribution in [0.5, 0.6) is 0 Å². The Morgan fingerprint density at radius 3 is 2.40 bits per heavy atom. The fourth-order valence-electron chi connectivity index (χ4n) is 2.46. The maximum atomic E-state index is 12.3. The van der Waals surface area contributed by atoms with Crippen molar-refractivity contribution < 1.29 is 4.79 Å². The van der Waals surface area contributed by atoms with Crippen LogP contribution in [0.2, 0.25) is 0 Å². The van der Waals surface area contributed by atoms with E-state index in [4.69, 9.17) is 0 Å². The first-order chi connectivity index (χ1) is 11.8. The highest BCUT2D eigenvalue weighted by atomic mass is 16.1. The molecule has 1 aromatic rings. The summed E-state index contributed by atoms with van der Waals surface area (Å²) >= 11 is 0. The predicted molar refractivity (Wildman–Crippen MR) is 106 cm³/mol. The van der Waals surface area contributed by atoms with Crippen LogP contribution in [0.1, 0.15) is 63.4 Å². The lowest BCUT2D eigenvalue weighted by atomic mass is 10.0. The van der Waals surface area contributed by atoms with Gasteiger partial charge in [-0.25, -0.2) is 0 Å². The van der Waals surface area contributed by atoms with Gasteiger partial charge in [0.15, 0.2) is 5.96 Å². The van der Waals surface area contributed by atoms with Crippen LogP contribution in [-0.2, 0) is 6.54 Å². The quantitative estimate of drug-likeness (QED) is 0.524. The molecular formula is C20H34N4O. The molecule has 1 amide bonds. The topological polar surface area (TPSA) is 65.5 Å². The molecule has 0 radical (unpaired) electrons. The number of carbonyl (C=O) groups excluding carboxylic acids is 1. The largest absolute Gasteiger partial charge is 0.356 e. The van der Waals surface area contributed by atoms with Gasteiger partial charge in [0.05, 0.1) is 0 Å². The van der Waals surface area contributed by atoms with Crippen LogP contribution >= 0.6 is 0 Å². The van der Waals surface area contributed by atoms with E-state index in [2.05, 4.69) is 34.8 Å². The van der Waals surface area contributed by atoms with Crippen LogP contribution in [0.3, 0.4) is 0 Å². The van der Waals surface area contributed by atoms with Gasteiger partial charge >= 0.3 is 0 Å². The summed E-state index contributed by atoms with van der Waals surface area (Å²) in [5, 5.41) is 9.67. The Morgan fingerprint density at radius 2 is 1.84 bits per heavy atom. The first-order valence-electron chi connectivity index (χ1n) is 9.15. The van der Waals surface area contributed by atoms with E-state index in [1.54, 1.807) is 7.05 Å². The maximum Gasteiger partial charge on any atom is 0.251 e. The third kappa shape index (κ3) is 8.05. The van der Waals surface area contributed by atoms with E-state index >= 15 is 0 Å². The van der Waals surface area contributed by atoms with Gasteiger partial charge in [-0.15, -0.1) is 0 Å². The first-order valence-corrected chi connectivity index (χ1v) is 9.15. The summed E-state index contributed by atoms with van der Waals surface area (Å²) in [4.78, 5) is 16.5. The molecule has 0 atom stereocenters. The van der Waals surface area contributed by atoms with Gasteiger partial charge in [-0.2, -0.15) is 0 Å². The average Bonchev–Trinajstić information content (AvgIpc) is 2.57. The second-order valence-electron chi connectivity index (χ2n) is 7.39. The second kappa shape index (κ2) is 10.1. The van der Waals surface area contributed by atoms with E-state index in [0.717, 1.165) is 30.9 Å². The van der Waals surface area contributed by atoms with Gasteiger partial charge in [0.2, 0.25) is 0 Å². The van der Waals surface area contributed by atoms with Crippen molar-refractivity contribution in [3.63, 3.8) is 0 Å². The van der Waals surface area contributed by atoms with Crippen LogP contribution in [-0.4, -0.2) is 31.0 Å². The van der Waals surface area contributed by atoms with E-state index in [0.29, 0.717) is 18.0 Å². The van der Waals surface area contributed by atoms with E-state index in [9.17, 15) is 4.79 Å². The monoisotopic (exact) mass is 346 g/mol. The van der Waals surface area contributed by atoms with Gasteiger partial charge in [-0.05, 0) is 44.4 Å². The molecule has 0 aliphatic heterocycles. The highest BCUT2D eigenvalue weighted by Crippen LogP contribution is 2.08. The molecule has 0 aliphatic carbocycles. The predicted octanol–water partition coefficient (Wildman–Crippen LogP) is 3.32. The van der Waals surface area contributed by atoms with Crippen molar-refractivity contribution in [2.75, 3.05) is 13.6 Å². The summed E-state index contributed by atoms with van der Waals surface area (Å²) in [5.41, 5.74) is 1.48. The third-order valence-electron chi connectivity index (χ3n) is 4.07. The summed E-state index contributed by atoms with van der Waals surface area (Å²) in [7, 11) is 1.77. The lowest BCUT2D eigenvalue weighted by Crippen LogP contribution is -2.40. The fraction of sp³-hybridized carbons (Fsp3) is 0.600. The Kier molecular flexibility index (Phi) is 8.46. The van der Waals surface area contributed by atoms with Crippen LogP contribution in [0.25, 0.3) is 0 Å². The van der Waals surface area contributed by atoms with Crippen molar-refractivity contribution in [3.8, 4) is 0 Å². The first kappa shape index (κ1) is 21.0. The van der Waals surface area contributed by atoms with Crippen molar-refractivity contribution in [1.82, 2.24) is 16.0 Å². The fourth-order valence-corrected chi connectivity index (χ4v) is 2.46. The normalized spacial score (nSPS) is 12.2. The lowest BCUT2D eigenvalue weighted by Gasteiger charge is -2.20. The van der Waals surface area contributed by atoms with Gasteiger partial charge in [0, 0.05) is 31.2 Å². The Labute approximate surface area is 152 Å². The molecule has 5 heteroatoms. The highest BCUT2D eigenvalue weighted by molar-refractivity contribution is 5.94. The Balaban J connectivity index is 2.62. The maximum absolute atomic E-state index is 12.3. The number of benzene rings is 1. The molecule has 0 unspecified atom stereocenters. The van der Waals surface area contributed by atoms with Gasteiger partial charge in [-0.3, -0.25) is 9.79 Å². The molecular weight excluding hydrogens is 312 g/mol. The smallest absolute Gasteiger partial charge is 0.251 e. The lowest BCUT2D eigenvalue weighted by molar-refractivity contribution is 0.0919. The molecule has 140 valence electrons. The zero-order chi connectivity index (χ0) is 18.9. The molecule has 0 fully saturated rings. The number of nitrogens with zero attached hydrogens (tertiary/aromatic N) is 1. The third-order valence-corrected chi connectivity index (χ3v) is 4.07. The molecule has 0 heterocycles. The summed E-state index contributed by atoms with van der Waals surface area (Å²) < 4.78 is 0. The van der Waals surface area contributed by atoms with E-state index in [-0.39, 0.29) is 11.4 Å². The molecule has 3 N–H and O–H groups in total. The van der Waals surface area contributed by atoms with E-state index in [1.807, 2.05) is 45.0 Å². The van der Waals surface area contributed by atoms with Crippen LogP contribution in [0.4, 0.5) is 0 Å². The van der Waals surface area contributed by atoms with Gasteiger partial charge in [-0.1, -0.05) is 38.8 Å². The second-order valence-corrected chi connectivity index (χ2v) is 7.39. The zero-order valence-corrected chi connectivity index (χ0v) is 16.6. The molecule has 5 nitrogen and oxygen atoms in total. The molecule has 0 saturated heterocycles. The van der Waals surface area contributed by atoms with Crippen molar-refractivity contribution in [2.24, 2.45) is 10.9 Å². The van der Waals surface area contributed by atoms with Gasteiger partial charge in [0.1, 0.15) is 0 Å².